The van der Waals surface area contributed by atoms with Crippen molar-refractivity contribution < 1.29 is 4.79 Å². The van der Waals surface area contributed by atoms with Crippen molar-refractivity contribution in [1.82, 2.24) is 9.13 Å². The third-order valence-corrected chi connectivity index (χ3v) is 5.68. The summed E-state index contributed by atoms with van der Waals surface area (Å²) in [5.74, 6) is 0.0684. The molecule has 0 radical (unpaired) electrons. The first-order valence-electron chi connectivity index (χ1n) is 8.48. The maximum absolute atomic E-state index is 13.0. The molecule has 7 heteroatoms. The largest absolute Gasteiger partial charge is 0.344 e. The summed E-state index contributed by atoms with van der Waals surface area (Å²) in [6.45, 7) is 0. The highest BCUT2D eigenvalue weighted by molar-refractivity contribution is 9.10. The lowest BCUT2D eigenvalue weighted by Crippen LogP contribution is -2.44. The van der Waals surface area contributed by atoms with Gasteiger partial charge in [0, 0.05) is 42.2 Å². The fourth-order valence-electron chi connectivity index (χ4n) is 3.92. The van der Waals surface area contributed by atoms with E-state index in [9.17, 15) is 14.4 Å². The van der Waals surface area contributed by atoms with Crippen LogP contribution in [0.4, 0.5) is 5.82 Å². The topological polar surface area (TPSA) is 73.1 Å². The van der Waals surface area contributed by atoms with Crippen LogP contribution in [0, 0.1) is 0 Å². The molecule has 2 aliphatic rings. The monoisotopic (exact) mass is 415 g/mol. The Hall–Kier alpha value is -2.41. The van der Waals surface area contributed by atoms with Crippen molar-refractivity contribution in [2.75, 3.05) is 5.32 Å². The number of aromatic nitrogens is 2. The number of nitrogens with one attached hydrogen (secondary N) is 1. The van der Waals surface area contributed by atoms with E-state index in [0.717, 1.165) is 33.1 Å². The van der Waals surface area contributed by atoms with Gasteiger partial charge in [-0.15, -0.1) is 0 Å². The van der Waals surface area contributed by atoms with Crippen molar-refractivity contribution in [2.45, 2.75) is 25.2 Å². The molecule has 0 saturated heterocycles. The van der Waals surface area contributed by atoms with E-state index in [1.165, 1.54) is 11.6 Å². The number of halogens is 1. The molecule has 4 rings (SSSR count). The summed E-state index contributed by atoms with van der Waals surface area (Å²) in [6.07, 6.45) is 1.98. The summed E-state index contributed by atoms with van der Waals surface area (Å²) in [5, 5.41) is 3.22. The number of hydrogen-bond donors (Lipinski definition) is 1. The number of rotatable bonds is 1. The number of hydrogen-bond acceptors (Lipinski definition) is 4. The van der Waals surface area contributed by atoms with Crippen LogP contribution in [0.15, 0.2) is 49.6 Å². The lowest BCUT2D eigenvalue weighted by atomic mass is 9.76. The van der Waals surface area contributed by atoms with E-state index in [2.05, 4.69) is 21.2 Å². The predicted octanol–water partition coefficient (Wildman–Crippen LogP) is 2.41. The third-order valence-electron chi connectivity index (χ3n) is 5.18. The minimum Gasteiger partial charge on any atom is -0.344 e. The van der Waals surface area contributed by atoms with Gasteiger partial charge in [0.25, 0.3) is 5.56 Å². The van der Waals surface area contributed by atoms with E-state index < -0.39 is 5.92 Å². The van der Waals surface area contributed by atoms with Crippen LogP contribution in [0.2, 0.25) is 0 Å². The summed E-state index contributed by atoms with van der Waals surface area (Å²) >= 11 is 3.48. The van der Waals surface area contributed by atoms with Gasteiger partial charge in [0.1, 0.15) is 5.82 Å². The molecule has 26 heavy (non-hydrogen) atoms. The smallest absolute Gasteiger partial charge is 0.332 e. The van der Waals surface area contributed by atoms with Crippen molar-refractivity contribution in [1.29, 1.82) is 0 Å². The van der Waals surface area contributed by atoms with Gasteiger partial charge in [-0.3, -0.25) is 18.7 Å². The Morgan fingerprint density at radius 1 is 1.12 bits per heavy atom. The standard InChI is InChI=1S/C19H18BrN3O3/c1-22-17-16(18(25)23(2)19(22)26)14(10-5-3-6-11(20)9-10)15-12(21-17)7-4-8-13(15)24/h3,5-6,9,14,21H,4,7-8H2,1-2H3. The highest BCUT2D eigenvalue weighted by atomic mass is 79.9. The highest BCUT2D eigenvalue weighted by Crippen LogP contribution is 2.43. The molecule has 0 saturated carbocycles. The van der Waals surface area contributed by atoms with Gasteiger partial charge >= 0.3 is 5.69 Å². The molecule has 1 aliphatic carbocycles. The molecule has 134 valence electrons. The number of allylic oxidation sites excluding steroid dienone is 2. The van der Waals surface area contributed by atoms with Crippen LogP contribution in [0.3, 0.4) is 0 Å². The van der Waals surface area contributed by atoms with Crippen molar-refractivity contribution in [3.63, 3.8) is 0 Å². The van der Waals surface area contributed by atoms with Gasteiger partial charge in [0.2, 0.25) is 0 Å². The van der Waals surface area contributed by atoms with Crippen molar-refractivity contribution in [3.05, 3.63) is 72.0 Å². The molecule has 1 aromatic heterocycles. The third kappa shape index (κ3) is 2.41. The van der Waals surface area contributed by atoms with Crippen molar-refractivity contribution in [2.24, 2.45) is 14.1 Å². The van der Waals surface area contributed by atoms with E-state index in [1.807, 2.05) is 24.3 Å². The van der Waals surface area contributed by atoms with Crippen LogP contribution >= 0.6 is 15.9 Å². The van der Waals surface area contributed by atoms with E-state index in [0.29, 0.717) is 23.4 Å². The van der Waals surface area contributed by atoms with Gasteiger partial charge in [0.05, 0.1) is 5.56 Å². The molecule has 6 nitrogen and oxygen atoms in total. The van der Waals surface area contributed by atoms with Crippen molar-refractivity contribution >= 4 is 27.5 Å². The Kier molecular flexibility index (Phi) is 3.99. The second-order valence-corrected chi connectivity index (χ2v) is 7.67. The predicted molar refractivity (Wildman–Crippen MR) is 102 cm³/mol. The fourth-order valence-corrected chi connectivity index (χ4v) is 4.33. The van der Waals surface area contributed by atoms with Gasteiger partial charge < -0.3 is 5.32 Å². The molecule has 1 N–H and O–H groups in total. The first kappa shape index (κ1) is 17.0. The Labute approximate surface area is 158 Å². The molecule has 0 amide bonds. The Morgan fingerprint density at radius 3 is 2.62 bits per heavy atom. The number of carbonyl (C=O) groups excluding carboxylic acids is 1. The highest BCUT2D eigenvalue weighted by Gasteiger charge is 2.38. The zero-order valence-electron chi connectivity index (χ0n) is 14.5. The number of benzene rings is 1. The van der Waals surface area contributed by atoms with Crippen LogP contribution < -0.4 is 16.6 Å². The Bertz CT molecular complexity index is 1090. The maximum atomic E-state index is 13.0. The summed E-state index contributed by atoms with van der Waals surface area (Å²) in [6, 6.07) is 7.64. The van der Waals surface area contributed by atoms with Crippen LogP contribution in [0.25, 0.3) is 0 Å². The fraction of sp³-hybridized carbons (Fsp3) is 0.316. The quantitative estimate of drug-likeness (QED) is 0.775. The Morgan fingerprint density at radius 2 is 1.88 bits per heavy atom. The zero-order valence-corrected chi connectivity index (χ0v) is 16.1. The first-order chi connectivity index (χ1) is 12.4. The summed E-state index contributed by atoms with van der Waals surface area (Å²) in [7, 11) is 3.11. The number of fused-ring (bicyclic) bond motifs is 1. The minimum atomic E-state index is -0.475. The average molecular weight is 416 g/mol. The lowest BCUT2D eigenvalue weighted by molar-refractivity contribution is -0.116. The zero-order chi connectivity index (χ0) is 18.6. The number of Topliss-reactive ketones (excluding diaryl/α,β-unsaturated/α-hetero) is 1. The molecule has 1 unspecified atom stereocenters. The van der Waals surface area contributed by atoms with Crippen LogP contribution in [0.1, 0.15) is 36.3 Å². The molecule has 2 aromatic rings. The summed E-state index contributed by atoms with van der Waals surface area (Å²) in [4.78, 5) is 38.1. The molecular weight excluding hydrogens is 398 g/mol. The van der Waals surface area contributed by atoms with Crippen LogP contribution in [0.5, 0.6) is 0 Å². The minimum absolute atomic E-state index is 0.0604. The number of anilines is 1. The van der Waals surface area contributed by atoms with E-state index >= 15 is 0 Å². The SMILES string of the molecule is Cn1c2c(c(=O)n(C)c1=O)C(c1cccc(Br)c1)C1=C(CCCC1=O)N2. The second-order valence-electron chi connectivity index (χ2n) is 6.75. The van der Waals surface area contributed by atoms with Gasteiger partial charge in [-0.2, -0.15) is 0 Å². The van der Waals surface area contributed by atoms with E-state index in [4.69, 9.17) is 0 Å². The first-order valence-corrected chi connectivity index (χ1v) is 9.28. The second kappa shape index (κ2) is 6.09. The summed E-state index contributed by atoms with van der Waals surface area (Å²) < 4.78 is 3.43. The lowest BCUT2D eigenvalue weighted by Gasteiger charge is -2.34. The molecule has 0 spiro atoms. The summed E-state index contributed by atoms with van der Waals surface area (Å²) in [5.41, 5.74) is 2.02. The average Bonchev–Trinajstić information content (AvgIpc) is 2.63. The van der Waals surface area contributed by atoms with Crippen LogP contribution in [-0.2, 0) is 18.9 Å². The van der Waals surface area contributed by atoms with Gasteiger partial charge in [-0.25, -0.2) is 4.79 Å². The number of nitrogens with zero attached hydrogens (tertiary/aromatic N) is 2. The van der Waals surface area contributed by atoms with Crippen LogP contribution in [-0.4, -0.2) is 14.9 Å². The normalized spacial score (nSPS) is 19.0. The molecule has 1 atom stereocenters. The number of carbonyl (C=O) groups is 1. The van der Waals surface area contributed by atoms with Crippen molar-refractivity contribution in [3.8, 4) is 0 Å². The van der Waals surface area contributed by atoms with E-state index in [1.54, 1.807) is 7.05 Å². The molecule has 1 aromatic carbocycles. The number of ketones is 1. The molecule has 0 bridgehead atoms. The molecule has 1 aliphatic heterocycles. The maximum Gasteiger partial charge on any atom is 0.332 e. The molecular formula is C19H18BrN3O3. The van der Waals surface area contributed by atoms with Gasteiger partial charge in [-0.1, -0.05) is 28.1 Å². The van der Waals surface area contributed by atoms with E-state index in [-0.39, 0.29) is 17.0 Å². The molecule has 0 fully saturated rings. The van der Waals surface area contributed by atoms with Gasteiger partial charge in [0.15, 0.2) is 5.78 Å². The Balaban J connectivity index is 2.10. The van der Waals surface area contributed by atoms with Gasteiger partial charge in [-0.05, 0) is 30.5 Å². The molecule has 2 heterocycles.